The van der Waals surface area contributed by atoms with E-state index in [1.807, 2.05) is 55.6 Å². The second-order valence-corrected chi connectivity index (χ2v) is 5.94. The van der Waals surface area contributed by atoms with Gasteiger partial charge >= 0.3 is 0 Å². The molecule has 0 atom stereocenters. The van der Waals surface area contributed by atoms with E-state index in [1.54, 1.807) is 23.0 Å². The molecule has 0 unspecified atom stereocenters. The summed E-state index contributed by atoms with van der Waals surface area (Å²) < 4.78 is 1.81. The molecule has 6 nitrogen and oxygen atoms in total. The molecule has 128 valence electrons. The van der Waals surface area contributed by atoms with Crippen LogP contribution in [0.15, 0.2) is 67.3 Å². The van der Waals surface area contributed by atoms with E-state index >= 15 is 0 Å². The first-order valence-corrected chi connectivity index (χ1v) is 8.29. The highest BCUT2D eigenvalue weighted by molar-refractivity contribution is 5.94. The smallest absolute Gasteiger partial charge is 0.270 e. The van der Waals surface area contributed by atoms with Crippen LogP contribution < -0.4 is 5.32 Å². The van der Waals surface area contributed by atoms with Gasteiger partial charge in [-0.05, 0) is 48.9 Å². The van der Waals surface area contributed by atoms with Crippen molar-refractivity contribution in [2.24, 2.45) is 0 Å². The van der Waals surface area contributed by atoms with Crippen molar-refractivity contribution in [3.05, 3.63) is 84.2 Å². The topological polar surface area (TPSA) is 72.2 Å². The van der Waals surface area contributed by atoms with Crippen LogP contribution in [0.2, 0.25) is 0 Å². The molecule has 0 bridgehead atoms. The minimum absolute atomic E-state index is 0.150. The zero-order valence-corrected chi connectivity index (χ0v) is 14.3. The van der Waals surface area contributed by atoms with E-state index in [0.29, 0.717) is 17.9 Å². The second-order valence-electron chi connectivity index (χ2n) is 5.94. The summed E-state index contributed by atoms with van der Waals surface area (Å²) in [5, 5.41) is 2.97. The predicted molar refractivity (Wildman–Crippen MR) is 98.6 cm³/mol. The summed E-state index contributed by atoms with van der Waals surface area (Å²) in [6, 6.07) is 13.4. The number of pyridine rings is 3. The highest BCUT2D eigenvalue weighted by Gasteiger charge is 2.16. The molecule has 0 aliphatic rings. The van der Waals surface area contributed by atoms with E-state index < -0.39 is 0 Å². The van der Waals surface area contributed by atoms with Gasteiger partial charge in [-0.25, -0.2) is 4.98 Å². The third-order valence-electron chi connectivity index (χ3n) is 4.17. The first-order valence-electron chi connectivity index (χ1n) is 8.29. The van der Waals surface area contributed by atoms with Crippen LogP contribution in [0.3, 0.4) is 0 Å². The minimum atomic E-state index is -0.150. The van der Waals surface area contributed by atoms with Crippen LogP contribution in [0, 0.1) is 6.92 Å². The average Bonchev–Trinajstić information content (AvgIpc) is 3.03. The zero-order valence-electron chi connectivity index (χ0n) is 14.3. The number of rotatable bonds is 4. The summed E-state index contributed by atoms with van der Waals surface area (Å²) in [5.41, 5.74) is 4.85. The summed E-state index contributed by atoms with van der Waals surface area (Å²) in [7, 11) is 0. The Labute approximate surface area is 150 Å². The van der Waals surface area contributed by atoms with Crippen molar-refractivity contribution < 1.29 is 4.79 Å². The van der Waals surface area contributed by atoms with Gasteiger partial charge in [-0.15, -0.1) is 0 Å². The third-order valence-corrected chi connectivity index (χ3v) is 4.17. The standard InChI is InChI=1S/C20H17N5O/c1-14-19(25-11-3-2-4-18(25)24-14)20(26)23-13-15-5-10-22-17(12-15)16-6-8-21-9-7-16/h2-12H,13H2,1H3,(H,23,26). The van der Waals surface area contributed by atoms with Gasteiger partial charge in [0.1, 0.15) is 11.3 Å². The Bertz CT molecular complexity index is 1070. The van der Waals surface area contributed by atoms with Crippen LogP contribution in [0.5, 0.6) is 0 Å². The van der Waals surface area contributed by atoms with E-state index in [0.717, 1.165) is 22.5 Å². The van der Waals surface area contributed by atoms with Crippen molar-refractivity contribution in [3.8, 4) is 11.3 Å². The molecule has 6 heteroatoms. The van der Waals surface area contributed by atoms with Crippen molar-refractivity contribution >= 4 is 11.6 Å². The molecule has 0 aromatic carbocycles. The van der Waals surface area contributed by atoms with E-state index in [2.05, 4.69) is 20.3 Å². The fraction of sp³-hybridized carbons (Fsp3) is 0.100. The number of hydrogen-bond acceptors (Lipinski definition) is 4. The van der Waals surface area contributed by atoms with Crippen LogP contribution in [-0.4, -0.2) is 25.3 Å². The first kappa shape index (κ1) is 16.0. The Morgan fingerprint density at radius 1 is 1.12 bits per heavy atom. The number of hydrogen-bond donors (Lipinski definition) is 1. The maximum absolute atomic E-state index is 12.7. The van der Waals surface area contributed by atoms with E-state index in [4.69, 9.17) is 0 Å². The quantitative estimate of drug-likeness (QED) is 0.618. The Hall–Kier alpha value is -3.54. The van der Waals surface area contributed by atoms with Gasteiger partial charge in [-0.3, -0.25) is 19.2 Å². The molecule has 4 rings (SSSR count). The minimum Gasteiger partial charge on any atom is -0.347 e. The molecule has 1 amide bonds. The lowest BCUT2D eigenvalue weighted by Crippen LogP contribution is -2.25. The van der Waals surface area contributed by atoms with E-state index in [1.165, 1.54) is 0 Å². The molecule has 4 aromatic heterocycles. The van der Waals surface area contributed by atoms with Crippen LogP contribution in [-0.2, 0) is 6.54 Å². The van der Waals surface area contributed by atoms with Gasteiger partial charge < -0.3 is 5.32 Å². The summed E-state index contributed by atoms with van der Waals surface area (Å²) in [4.78, 5) is 25.5. The molecule has 4 heterocycles. The number of amides is 1. The van der Waals surface area contributed by atoms with E-state index in [-0.39, 0.29) is 5.91 Å². The lowest BCUT2D eigenvalue weighted by molar-refractivity contribution is 0.0944. The molecule has 0 aliphatic heterocycles. The molecule has 0 saturated carbocycles. The first-order chi connectivity index (χ1) is 12.7. The maximum Gasteiger partial charge on any atom is 0.270 e. The summed E-state index contributed by atoms with van der Waals surface area (Å²) in [5.74, 6) is -0.150. The van der Waals surface area contributed by atoms with E-state index in [9.17, 15) is 4.79 Å². The average molecular weight is 343 g/mol. The summed E-state index contributed by atoms with van der Waals surface area (Å²) >= 11 is 0. The third kappa shape index (κ3) is 3.04. The van der Waals surface area contributed by atoms with Gasteiger partial charge in [0.15, 0.2) is 0 Å². The molecule has 0 aliphatic carbocycles. The number of aromatic nitrogens is 4. The largest absolute Gasteiger partial charge is 0.347 e. The second kappa shape index (κ2) is 6.76. The predicted octanol–water partition coefficient (Wildman–Crippen LogP) is 3.03. The van der Waals surface area contributed by atoms with Gasteiger partial charge in [0, 0.05) is 36.9 Å². The van der Waals surface area contributed by atoms with Crippen molar-refractivity contribution in [1.29, 1.82) is 0 Å². The molecule has 0 saturated heterocycles. The normalized spacial score (nSPS) is 10.8. The monoisotopic (exact) mass is 343 g/mol. The molecule has 0 radical (unpaired) electrons. The number of aryl methyl sites for hydroxylation is 1. The number of fused-ring (bicyclic) bond motifs is 1. The lowest BCUT2D eigenvalue weighted by atomic mass is 10.1. The Morgan fingerprint density at radius 3 is 2.81 bits per heavy atom. The number of nitrogens with one attached hydrogen (secondary N) is 1. The highest BCUT2D eigenvalue weighted by atomic mass is 16.1. The van der Waals surface area contributed by atoms with Gasteiger partial charge in [0.05, 0.1) is 11.4 Å². The van der Waals surface area contributed by atoms with Gasteiger partial charge in [0.25, 0.3) is 5.91 Å². The van der Waals surface area contributed by atoms with Crippen molar-refractivity contribution in [2.75, 3.05) is 0 Å². The number of nitrogens with zero attached hydrogens (tertiary/aromatic N) is 4. The van der Waals surface area contributed by atoms with Gasteiger partial charge in [0.2, 0.25) is 0 Å². The van der Waals surface area contributed by atoms with Crippen LogP contribution in [0.4, 0.5) is 0 Å². The molecule has 0 fully saturated rings. The number of carbonyl (C=O) groups excluding carboxylic acids is 1. The molecular formula is C20H17N5O. The van der Waals surface area contributed by atoms with Crippen molar-refractivity contribution in [3.63, 3.8) is 0 Å². The highest BCUT2D eigenvalue weighted by Crippen LogP contribution is 2.17. The fourth-order valence-corrected chi connectivity index (χ4v) is 2.92. The number of carbonyl (C=O) groups is 1. The van der Waals surface area contributed by atoms with Crippen LogP contribution in [0.25, 0.3) is 16.9 Å². The van der Waals surface area contributed by atoms with Crippen LogP contribution >= 0.6 is 0 Å². The lowest BCUT2D eigenvalue weighted by Gasteiger charge is -2.08. The zero-order chi connectivity index (χ0) is 17.9. The van der Waals surface area contributed by atoms with Gasteiger partial charge in [-0.2, -0.15) is 0 Å². The molecule has 26 heavy (non-hydrogen) atoms. The molecule has 1 N–H and O–H groups in total. The van der Waals surface area contributed by atoms with Gasteiger partial charge in [-0.1, -0.05) is 6.07 Å². The summed E-state index contributed by atoms with van der Waals surface area (Å²) in [6.45, 7) is 2.26. The SMILES string of the molecule is Cc1nc2ccccn2c1C(=O)NCc1ccnc(-c2ccncc2)c1. The molecular weight excluding hydrogens is 326 g/mol. The van der Waals surface area contributed by atoms with Crippen molar-refractivity contribution in [1.82, 2.24) is 24.7 Å². The maximum atomic E-state index is 12.7. The molecule has 4 aromatic rings. The summed E-state index contributed by atoms with van der Waals surface area (Å²) in [6.07, 6.45) is 7.06. The Balaban J connectivity index is 1.54. The van der Waals surface area contributed by atoms with Crippen molar-refractivity contribution in [2.45, 2.75) is 13.5 Å². The number of imidazole rings is 1. The molecule has 0 spiro atoms. The Morgan fingerprint density at radius 2 is 1.96 bits per heavy atom. The van der Waals surface area contributed by atoms with Crippen LogP contribution in [0.1, 0.15) is 21.7 Å². The fourth-order valence-electron chi connectivity index (χ4n) is 2.92. The Kier molecular flexibility index (Phi) is 4.15.